The van der Waals surface area contributed by atoms with E-state index in [9.17, 15) is 9.59 Å². The fourth-order valence-electron chi connectivity index (χ4n) is 1.44. The lowest BCUT2D eigenvalue weighted by Gasteiger charge is -2.22. The fraction of sp³-hybridized carbons (Fsp3) is 0.750. The summed E-state index contributed by atoms with van der Waals surface area (Å²) in [5.41, 5.74) is 0. The van der Waals surface area contributed by atoms with E-state index in [-0.39, 0.29) is 13.5 Å². The van der Waals surface area contributed by atoms with Crippen LogP contribution in [0.15, 0.2) is 12.2 Å². The lowest BCUT2D eigenvalue weighted by atomic mass is 10.2. The van der Waals surface area contributed by atoms with Crippen molar-refractivity contribution in [3.05, 3.63) is 12.2 Å². The molecule has 6 nitrogen and oxygen atoms in total. The molecule has 0 saturated heterocycles. The Hall–Kier alpha value is -1.40. The van der Waals surface area contributed by atoms with Crippen molar-refractivity contribution in [2.45, 2.75) is 52.6 Å². The molecule has 0 saturated carbocycles. The number of hydrogen-bond donors (Lipinski definition) is 0. The molecule has 0 spiro atoms. The number of hydrogen-bond acceptors (Lipinski definition) is 6. The SMILES string of the molecule is CCC(C)N(C)COC(=O)/C=C\C(=O)OCN(C)C(C)CC. The summed E-state index contributed by atoms with van der Waals surface area (Å²) in [6.07, 6.45) is 4.13. The number of carbonyl (C=O) groups excluding carboxylic acids is 2. The average molecular weight is 314 g/mol. The monoisotopic (exact) mass is 314 g/mol. The van der Waals surface area contributed by atoms with Crippen LogP contribution >= 0.6 is 0 Å². The van der Waals surface area contributed by atoms with Crippen molar-refractivity contribution in [1.82, 2.24) is 9.80 Å². The maximum atomic E-state index is 11.5. The molecule has 0 amide bonds. The largest absolute Gasteiger partial charge is 0.446 e. The van der Waals surface area contributed by atoms with E-state index < -0.39 is 11.9 Å². The van der Waals surface area contributed by atoms with Crippen LogP contribution in [-0.4, -0.2) is 61.4 Å². The Morgan fingerprint density at radius 1 is 0.864 bits per heavy atom. The summed E-state index contributed by atoms with van der Waals surface area (Å²) >= 11 is 0. The van der Waals surface area contributed by atoms with Gasteiger partial charge in [-0.05, 0) is 40.8 Å². The summed E-state index contributed by atoms with van der Waals surface area (Å²) in [6.45, 7) is 8.63. The van der Waals surface area contributed by atoms with E-state index in [1.54, 1.807) is 0 Å². The molecule has 2 unspecified atom stereocenters. The lowest BCUT2D eigenvalue weighted by Crippen LogP contribution is -2.32. The van der Waals surface area contributed by atoms with E-state index in [4.69, 9.17) is 9.47 Å². The first-order valence-electron chi connectivity index (χ1n) is 7.73. The van der Waals surface area contributed by atoms with Crippen molar-refractivity contribution in [1.29, 1.82) is 0 Å². The summed E-state index contributed by atoms with van der Waals surface area (Å²) in [7, 11) is 3.76. The molecule has 0 aliphatic rings. The number of esters is 2. The highest BCUT2D eigenvalue weighted by Crippen LogP contribution is 2.01. The van der Waals surface area contributed by atoms with Gasteiger partial charge in [0.25, 0.3) is 0 Å². The first-order valence-corrected chi connectivity index (χ1v) is 7.73. The van der Waals surface area contributed by atoms with E-state index in [2.05, 4.69) is 27.7 Å². The first kappa shape index (κ1) is 20.6. The van der Waals surface area contributed by atoms with E-state index in [1.807, 2.05) is 23.9 Å². The maximum Gasteiger partial charge on any atom is 0.332 e. The van der Waals surface area contributed by atoms with Crippen LogP contribution in [0.25, 0.3) is 0 Å². The molecule has 0 radical (unpaired) electrons. The van der Waals surface area contributed by atoms with Crippen molar-refractivity contribution in [3.63, 3.8) is 0 Å². The van der Waals surface area contributed by atoms with Gasteiger partial charge in [0.2, 0.25) is 0 Å². The van der Waals surface area contributed by atoms with Crippen LogP contribution in [0.2, 0.25) is 0 Å². The molecule has 0 aliphatic heterocycles. The Morgan fingerprint density at radius 3 is 1.45 bits per heavy atom. The molecule has 22 heavy (non-hydrogen) atoms. The standard InChI is InChI=1S/C16H30N2O4/c1-7-13(3)17(5)11-21-15(19)9-10-16(20)22-12-18(6)14(4)8-2/h9-10,13-14H,7-8,11-12H2,1-6H3/b10-9-. The topological polar surface area (TPSA) is 59.1 Å². The van der Waals surface area contributed by atoms with Gasteiger partial charge in [-0.15, -0.1) is 0 Å². The Balaban J connectivity index is 4.04. The highest BCUT2D eigenvalue weighted by molar-refractivity contribution is 5.91. The third-order valence-corrected chi connectivity index (χ3v) is 3.86. The van der Waals surface area contributed by atoms with Crippen LogP contribution in [-0.2, 0) is 19.1 Å². The Kier molecular flexibility index (Phi) is 10.5. The van der Waals surface area contributed by atoms with Gasteiger partial charge in [-0.3, -0.25) is 9.80 Å². The van der Waals surface area contributed by atoms with Crippen molar-refractivity contribution in [3.8, 4) is 0 Å². The smallest absolute Gasteiger partial charge is 0.332 e. The van der Waals surface area contributed by atoms with E-state index in [1.165, 1.54) is 0 Å². The van der Waals surface area contributed by atoms with Crippen molar-refractivity contribution in [2.75, 3.05) is 27.6 Å². The normalized spacial score (nSPS) is 14.4. The Bertz CT molecular complexity index is 337. The Labute approximate surface area is 134 Å². The van der Waals surface area contributed by atoms with Crippen LogP contribution in [0.4, 0.5) is 0 Å². The van der Waals surface area contributed by atoms with Crippen molar-refractivity contribution >= 4 is 11.9 Å². The molecule has 0 aromatic rings. The third-order valence-electron chi connectivity index (χ3n) is 3.86. The molecule has 2 atom stereocenters. The van der Waals surface area contributed by atoms with Gasteiger partial charge in [0.05, 0.1) is 0 Å². The quantitative estimate of drug-likeness (QED) is 0.349. The molecule has 0 rings (SSSR count). The number of carbonyl (C=O) groups is 2. The zero-order chi connectivity index (χ0) is 17.1. The molecule has 6 heteroatoms. The second-order valence-electron chi connectivity index (χ2n) is 5.55. The number of ether oxygens (including phenoxy) is 2. The summed E-state index contributed by atoms with van der Waals surface area (Å²) in [6, 6.07) is 0.663. The Morgan fingerprint density at radius 2 is 1.18 bits per heavy atom. The van der Waals surface area contributed by atoms with E-state index >= 15 is 0 Å². The molecule has 0 fully saturated rings. The maximum absolute atomic E-state index is 11.5. The average Bonchev–Trinajstić information content (AvgIpc) is 2.53. The van der Waals surface area contributed by atoms with Crippen LogP contribution < -0.4 is 0 Å². The summed E-state index contributed by atoms with van der Waals surface area (Å²) in [5, 5.41) is 0. The van der Waals surface area contributed by atoms with Crippen LogP contribution in [0.3, 0.4) is 0 Å². The van der Waals surface area contributed by atoms with Gasteiger partial charge in [0.1, 0.15) is 13.5 Å². The molecular weight excluding hydrogens is 284 g/mol. The van der Waals surface area contributed by atoms with Crippen molar-refractivity contribution in [2.24, 2.45) is 0 Å². The molecule has 128 valence electrons. The molecule has 0 aromatic heterocycles. The predicted octanol–water partition coefficient (Wildman–Crippen LogP) is 2.00. The van der Waals surface area contributed by atoms with Gasteiger partial charge >= 0.3 is 11.9 Å². The number of rotatable bonds is 10. The molecular formula is C16H30N2O4. The summed E-state index contributed by atoms with van der Waals surface area (Å²) in [4.78, 5) is 26.8. The van der Waals surface area contributed by atoms with Gasteiger partial charge in [0.15, 0.2) is 0 Å². The van der Waals surface area contributed by atoms with Gasteiger partial charge < -0.3 is 9.47 Å². The number of nitrogens with zero attached hydrogens (tertiary/aromatic N) is 2. The zero-order valence-electron chi connectivity index (χ0n) is 14.7. The minimum atomic E-state index is -0.553. The fourth-order valence-corrected chi connectivity index (χ4v) is 1.44. The summed E-state index contributed by atoms with van der Waals surface area (Å²) < 4.78 is 10.1. The molecule has 0 N–H and O–H groups in total. The second-order valence-corrected chi connectivity index (χ2v) is 5.55. The molecule has 0 heterocycles. The van der Waals surface area contributed by atoms with Gasteiger partial charge in [-0.2, -0.15) is 0 Å². The zero-order valence-corrected chi connectivity index (χ0v) is 14.7. The van der Waals surface area contributed by atoms with Crippen LogP contribution in [0.1, 0.15) is 40.5 Å². The highest BCUT2D eigenvalue weighted by Gasteiger charge is 2.10. The molecule has 0 bridgehead atoms. The second kappa shape index (κ2) is 11.2. The van der Waals surface area contributed by atoms with Gasteiger partial charge in [0, 0.05) is 24.2 Å². The molecule has 0 aliphatic carbocycles. The van der Waals surface area contributed by atoms with Gasteiger partial charge in [-0.25, -0.2) is 9.59 Å². The van der Waals surface area contributed by atoms with E-state index in [0.717, 1.165) is 25.0 Å². The van der Waals surface area contributed by atoms with Gasteiger partial charge in [-0.1, -0.05) is 13.8 Å². The first-order chi connectivity index (χ1) is 10.3. The van der Waals surface area contributed by atoms with Crippen LogP contribution in [0.5, 0.6) is 0 Å². The van der Waals surface area contributed by atoms with Crippen molar-refractivity contribution < 1.29 is 19.1 Å². The lowest BCUT2D eigenvalue weighted by molar-refractivity contribution is -0.145. The predicted molar refractivity (Wildman–Crippen MR) is 86.1 cm³/mol. The third kappa shape index (κ3) is 8.79. The minimum absolute atomic E-state index is 0.198. The van der Waals surface area contributed by atoms with Crippen LogP contribution in [0, 0.1) is 0 Å². The van der Waals surface area contributed by atoms with E-state index in [0.29, 0.717) is 12.1 Å². The highest BCUT2D eigenvalue weighted by atomic mass is 16.5. The minimum Gasteiger partial charge on any atom is -0.446 e. The summed E-state index contributed by atoms with van der Waals surface area (Å²) in [5.74, 6) is -1.11. The molecule has 0 aromatic carbocycles.